The first-order valence-corrected chi connectivity index (χ1v) is 10.6. The van der Waals surface area contributed by atoms with E-state index in [1.54, 1.807) is 42.5 Å². The minimum Gasteiger partial charge on any atom is -0.465 e. The number of nitrogens with one attached hydrogen (secondary N) is 1. The lowest BCUT2D eigenvalue weighted by Gasteiger charge is -2.26. The van der Waals surface area contributed by atoms with Crippen LogP contribution in [-0.2, 0) is 14.3 Å². The van der Waals surface area contributed by atoms with Crippen LogP contribution in [0.1, 0.15) is 27.3 Å². The predicted octanol–water partition coefficient (Wildman–Crippen LogP) is 4.20. The number of halogens is 1. The average Bonchev–Trinajstić information content (AvgIpc) is 3.08. The molecule has 34 heavy (non-hydrogen) atoms. The van der Waals surface area contributed by atoms with Gasteiger partial charge in [-0.1, -0.05) is 17.7 Å². The Kier molecular flexibility index (Phi) is 6.08. The molecule has 0 aliphatic carbocycles. The van der Waals surface area contributed by atoms with Crippen molar-refractivity contribution < 1.29 is 23.9 Å². The molecule has 1 aliphatic rings. The molecule has 1 N–H and O–H groups in total. The normalized spacial score (nSPS) is 15.0. The number of amides is 4. The molecule has 0 saturated carbocycles. The smallest absolute Gasteiger partial charge is 0.337 e. The van der Waals surface area contributed by atoms with Crippen molar-refractivity contribution in [2.75, 3.05) is 12.0 Å². The fourth-order valence-electron chi connectivity index (χ4n) is 3.86. The van der Waals surface area contributed by atoms with Crippen LogP contribution >= 0.6 is 11.6 Å². The van der Waals surface area contributed by atoms with Crippen molar-refractivity contribution in [1.29, 1.82) is 0 Å². The maximum Gasteiger partial charge on any atom is 0.337 e. The fraction of sp³-hybridized carbons (Fsp3) is 0.120. The van der Waals surface area contributed by atoms with Gasteiger partial charge in [-0.15, -0.1) is 0 Å². The third kappa shape index (κ3) is 4.11. The molecule has 3 aromatic rings. The van der Waals surface area contributed by atoms with Gasteiger partial charge in [-0.25, -0.2) is 14.5 Å². The summed E-state index contributed by atoms with van der Waals surface area (Å²) in [6.07, 6.45) is 1.46. The molecule has 0 atom stereocenters. The highest BCUT2D eigenvalue weighted by Crippen LogP contribution is 2.27. The van der Waals surface area contributed by atoms with Gasteiger partial charge in [-0.3, -0.25) is 14.9 Å². The van der Waals surface area contributed by atoms with E-state index < -0.39 is 23.8 Å². The van der Waals surface area contributed by atoms with Crippen LogP contribution in [-0.4, -0.2) is 35.5 Å². The van der Waals surface area contributed by atoms with Gasteiger partial charge in [0.15, 0.2) is 0 Å². The molecule has 0 bridgehead atoms. The highest BCUT2D eigenvalue weighted by atomic mass is 35.5. The van der Waals surface area contributed by atoms with E-state index in [2.05, 4.69) is 5.32 Å². The van der Waals surface area contributed by atoms with Gasteiger partial charge in [0, 0.05) is 22.1 Å². The Morgan fingerprint density at radius 2 is 1.71 bits per heavy atom. The van der Waals surface area contributed by atoms with Crippen molar-refractivity contribution >= 4 is 47.2 Å². The molecule has 4 rings (SSSR count). The first-order valence-electron chi connectivity index (χ1n) is 10.3. The van der Waals surface area contributed by atoms with Gasteiger partial charge in [0.25, 0.3) is 11.8 Å². The van der Waals surface area contributed by atoms with E-state index in [0.717, 1.165) is 22.0 Å². The predicted molar refractivity (Wildman–Crippen MR) is 127 cm³/mol. The fourth-order valence-corrected chi connectivity index (χ4v) is 4.04. The lowest BCUT2D eigenvalue weighted by molar-refractivity contribution is -0.122. The number of aromatic nitrogens is 1. The van der Waals surface area contributed by atoms with Crippen LogP contribution in [0.15, 0.2) is 60.2 Å². The molecule has 1 saturated heterocycles. The molecular formula is C25H20ClN3O5. The van der Waals surface area contributed by atoms with E-state index in [1.807, 2.05) is 24.5 Å². The van der Waals surface area contributed by atoms with E-state index in [1.165, 1.54) is 19.3 Å². The Labute approximate surface area is 200 Å². The van der Waals surface area contributed by atoms with Gasteiger partial charge in [0.1, 0.15) is 5.57 Å². The number of aryl methyl sites for hydroxylation is 1. The van der Waals surface area contributed by atoms with Crippen molar-refractivity contribution in [2.24, 2.45) is 0 Å². The highest BCUT2D eigenvalue weighted by Gasteiger charge is 2.37. The van der Waals surface area contributed by atoms with Crippen molar-refractivity contribution in [3.63, 3.8) is 0 Å². The first kappa shape index (κ1) is 23.0. The Hall–Kier alpha value is -4.17. The molecular weight excluding hydrogens is 458 g/mol. The number of nitrogens with zero attached hydrogens (tertiary/aromatic N) is 2. The SMILES string of the molecule is COC(=O)c1ccc(-n2c(C)cc(/C=C3/C(=O)NC(=O)N(c4cccc(Cl)c4)C3=O)c2C)cc1. The summed E-state index contributed by atoms with van der Waals surface area (Å²) in [5.41, 5.74) is 3.54. The number of carbonyl (C=O) groups is 4. The first-order chi connectivity index (χ1) is 16.2. The number of esters is 1. The monoisotopic (exact) mass is 477 g/mol. The molecule has 2 aromatic carbocycles. The van der Waals surface area contributed by atoms with E-state index in [9.17, 15) is 19.2 Å². The summed E-state index contributed by atoms with van der Waals surface area (Å²) in [6.45, 7) is 3.73. The molecule has 1 aromatic heterocycles. The van der Waals surface area contributed by atoms with E-state index in [0.29, 0.717) is 16.1 Å². The lowest BCUT2D eigenvalue weighted by Crippen LogP contribution is -2.54. The third-order valence-electron chi connectivity index (χ3n) is 5.48. The summed E-state index contributed by atoms with van der Waals surface area (Å²) < 4.78 is 6.66. The second kappa shape index (κ2) is 8.99. The zero-order valence-corrected chi connectivity index (χ0v) is 19.3. The third-order valence-corrected chi connectivity index (χ3v) is 5.72. The molecule has 4 amide bonds. The molecule has 0 radical (unpaired) electrons. The van der Waals surface area contributed by atoms with Crippen LogP contribution in [0.4, 0.5) is 10.5 Å². The van der Waals surface area contributed by atoms with Crippen molar-refractivity contribution in [2.45, 2.75) is 13.8 Å². The molecule has 8 nitrogen and oxygen atoms in total. The second-order valence-corrected chi connectivity index (χ2v) is 8.07. The number of carbonyl (C=O) groups excluding carboxylic acids is 4. The quantitative estimate of drug-likeness (QED) is 0.345. The zero-order chi connectivity index (χ0) is 24.6. The largest absolute Gasteiger partial charge is 0.465 e. The van der Waals surface area contributed by atoms with Crippen LogP contribution in [0.2, 0.25) is 5.02 Å². The number of urea groups is 1. The number of hydrogen-bond acceptors (Lipinski definition) is 5. The zero-order valence-electron chi connectivity index (χ0n) is 18.6. The Morgan fingerprint density at radius 3 is 2.35 bits per heavy atom. The number of barbiturate groups is 1. The number of rotatable bonds is 4. The number of anilines is 1. The Bertz CT molecular complexity index is 1370. The molecule has 9 heteroatoms. The Balaban J connectivity index is 1.72. The van der Waals surface area contributed by atoms with Crippen molar-refractivity contribution in [3.05, 3.63) is 87.7 Å². The number of methoxy groups -OCH3 is 1. The minimum absolute atomic E-state index is 0.180. The minimum atomic E-state index is -0.842. The summed E-state index contributed by atoms with van der Waals surface area (Å²) in [5, 5.41) is 2.56. The maximum atomic E-state index is 13.1. The summed E-state index contributed by atoms with van der Waals surface area (Å²) in [7, 11) is 1.32. The van der Waals surface area contributed by atoms with Crippen LogP contribution < -0.4 is 10.2 Å². The van der Waals surface area contributed by atoms with Crippen LogP contribution in [0.5, 0.6) is 0 Å². The number of benzene rings is 2. The molecule has 2 heterocycles. The van der Waals surface area contributed by atoms with Crippen molar-refractivity contribution in [1.82, 2.24) is 9.88 Å². The van der Waals surface area contributed by atoms with E-state index in [4.69, 9.17) is 16.3 Å². The molecule has 172 valence electrons. The standard InChI is InChI=1S/C25H20ClN3O5/c1-14-11-17(15(2)28(14)19-9-7-16(8-10-19)24(32)34-3)12-21-22(30)27-25(33)29(23(21)31)20-6-4-5-18(26)13-20/h4-13H,1-3H3,(H,27,30,33)/b21-12-. The molecule has 1 aliphatic heterocycles. The van der Waals surface area contributed by atoms with Gasteiger partial charge in [0.05, 0.1) is 18.4 Å². The van der Waals surface area contributed by atoms with Crippen LogP contribution in [0, 0.1) is 13.8 Å². The summed E-state index contributed by atoms with van der Waals surface area (Å²) in [4.78, 5) is 50.7. The molecule has 1 fully saturated rings. The van der Waals surface area contributed by atoms with E-state index in [-0.39, 0.29) is 11.3 Å². The van der Waals surface area contributed by atoms with Gasteiger partial charge in [-0.2, -0.15) is 0 Å². The number of ether oxygens (including phenoxy) is 1. The summed E-state index contributed by atoms with van der Waals surface area (Å²) in [5.74, 6) is -1.96. The van der Waals surface area contributed by atoms with Crippen LogP contribution in [0.25, 0.3) is 11.8 Å². The highest BCUT2D eigenvalue weighted by molar-refractivity contribution is 6.39. The van der Waals surface area contributed by atoms with Crippen LogP contribution in [0.3, 0.4) is 0 Å². The van der Waals surface area contributed by atoms with Gasteiger partial charge >= 0.3 is 12.0 Å². The molecule has 0 spiro atoms. The van der Waals surface area contributed by atoms with E-state index >= 15 is 0 Å². The van der Waals surface area contributed by atoms with Gasteiger partial charge in [-0.05, 0) is 74.0 Å². The maximum absolute atomic E-state index is 13.1. The summed E-state index contributed by atoms with van der Waals surface area (Å²) >= 11 is 6.01. The van der Waals surface area contributed by atoms with Crippen molar-refractivity contribution in [3.8, 4) is 5.69 Å². The second-order valence-electron chi connectivity index (χ2n) is 7.64. The van der Waals surface area contributed by atoms with Gasteiger partial charge in [0.2, 0.25) is 0 Å². The topological polar surface area (TPSA) is 97.7 Å². The average molecular weight is 478 g/mol. The lowest BCUT2D eigenvalue weighted by atomic mass is 10.1. The Morgan fingerprint density at radius 1 is 1.00 bits per heavy atom. The number of hydrogen-bond donors (Lipinski definition) is 1. The molecule has 0 unspecified atom stereocenters. The summed E-state index contributed by atoms with van der Waals surface area (Å²) in [6, 6.07) is 14.1. The van der Waals surface area contributed by atoms with Gasteiger partial charge < -0.3 is 9.30 Å². The number of imide groups is 2.